The smallest absolute Gasteiger partial charge is 0.123 e. The zero-order chi connectivity index (χ0) is 13.9. The van der Waals surface area contributed by atoms with Gasteiger partial charge in [0.05, 0.1) is 12.3 Å². The maximum absolute atomic E-state index is 13.0. The Balaban J connectivity index is 1.86. The van der Waals surface area contributed by atoms with E-state index >= 15 is 0 Å². The van der Waals surface area contributed by atoms with Crippen molar-refractivity contribution in [1.29, 1.82) is 0 Å². The van der Waals surface area contributed by atoms with Crippen LogP contribution in [0.15, 0.2) is 71.2 Å². The van der Waals surface area contributed by atoms with Crippen molar-refractivity contribution in [3.05, 3.63) is 83.2 Å². The standard InChI is InChI=1S/C18H16FN/c1-13-11-18(15-5-3-2-4-6-15)20-12-17(13)14-7-9-16(19)10-8-14/h2-11,17H,12H2,1H3. The van der Waals surface area contributed by atoms with Crippen molar-refractivity contribution in [3.63, 3.8) is 0 Å². The van der Waals surface area contributed by atoms with E-state index in [9.17, 15) is 4.39 Å². The van der Waals surface area contributed by atoms with Gasteiger partial charge in [0, 0.05) is 5.92 Å². The minimum Gasteiger partial charge on any atom is -0.284 e. The Morgan fingerprint density at radius 1 is 1.00 bits per heavy atom. The molecule has 0 amide bonds. The van der Waals surface area contributed by atoms with Gasteiger partial charge in [-0.15, -0.1) is 0 Å². The summed E-state index contributed by atoms with van der Waals surface area (Å²) < 4.78 is 13.0. The lowest BCUT2D eigenvalue weighted by molar-refractivity contribution is 0.626. The summed E-state index contributed by atoms with van der Waals surface area (Å²) in [5, 5.41) is 0. The van der Waals surface area contributed by atoms with Crippen molar-refractivity contribution in [2.45, 2.75) is 12.8 Å². The molecule has 0 radical (unpaired) electrons. The highest BCUT2D eigenvalue weighted by Gasteiger charge is 2.18. The minimum absolute atomic E-state index is 0.195. The summed E-state index contributed by atoms with van der Waals surface area (Å²) in [6.45, 7) is 2.84. The maximum atomic E-state index is 13.0. The van der Waals surface area contributed by atoms with Crippen molar-refractivity contribution < 1.29 is 4.39 Å². The first-order valence-corrected chi connectivity index (χ1v) is 6.77. The third-order valence-corrected chi connectivity index (χ3v) is 3.70. The molecule has 0 N–H and O–H groups in total. The van der Waals surface area contributed by atoms with Crippen LogP contribution in [0, 0.1) is 5.82 Å². The highest BCUT2D eigenvalue weighted by Crippen LogP contribution is 2.28. The summed E-state index contributed by atoms with van der Waals surface area (Å²) in [4.78, 5) is 4.68. The van der Waals surface area contributed by atoms with Gasteiger partial charge in [0.15, 0.2) is 0 Å². The number of nitrogens with zero attached hydrogens (tertiary/aromatic N) is 1. The highest BCUT2D eigenvalue weighted by molar-refractivity contribution is 6.09. The van der Waals surface area contributed by atoms with Gasteiger partial charge in [-0.2, -0.15) is 0 Å². The van der Waals surface area contributed by atoms with Crippen LogP contribution >= 0.6 is 0 Å². The molecule has 1 nitrogen and oxygen atoms in total. The van der Waals surface area contributed by atoms with E-state index in [-0.39, 0.29) is 11.7 Å². The molecular formula is C18H16FN. The molecule has 0 saturated heterocycles. The molecule has 0 fully saturated rings. The number of halogens is 1. The molecule has 100 valence electrons. The number of hydrogen-bond donors (Lipinski definition) is 0. The van der Waals surface area contributed by atoms with Crippen molar-refractivity contribution in [1.82, 2.24) is 0 Å². The highest BCUT2D eigenvalue weighted by atomic mass is 19.1. The molecule has 20 heavy (non-hydrogen) atoms. The van der Waals surface area contributed by atoms with Gasteiger partial charge in [0.2, 0.25) is 0 Å². The Morgan fingerprint density at radius 3 is 2.35 bits per heavy atom. The molecule has 0 saturated carbocycles. The van der Waals surface area contributed by atoms with Crippen LogP contribution in [0.4, 0.5) is 4.39 Å². The third kappa shape index (κ3) is 2.55. The number of hydrogen-bond acceptors (Lipinski definition) is 1. The number of dihydropyridines is 1. The molecule has 0 aliphatic carbocycles. The summed E-state index contributed by atoms with van der Waals surface area (Å²) in [5.74, 6) is 0.0581. The van der Waals surface area contributed by atoms with Gasteiger partial charge in [0.25, 0.3) is 0 Å². The van der Waals surface area contributed by atoms with Gasteiger partial charge in [-0.05, 0) is 36.3 Å². The fourth-order valence-electron chi connectivity index (χ4n) is 2.54. The lowest BCUT2D eigenvalue weighted by Crippen LogP contribution is -2.14. The maximum Gasteiger partial charge on any atom is 0.123 e. The molecule has 1 aliphatic heterocycles. The topological polar surface area (TPSA) is 12.4 Å². The molecule has 1 aliphatic rings. The van der Waals surface area contributed by atoms with E-state index in [1.54, 1.807) is 0 Å². The van der Waals surface area contributed by atoms with Crippen LogP contribution in [-0.2, 0) is 0 Å². The van der Waals surface area contributed by atoms with E-state index in [0.29, 0.717) is 0 Å². The Morgan fingerprint density at radius 2 is 1.70 bits per heavy atom. The van der Waals surface area contributed by atoms with Crippen molar-refractivity contribution in [2.24, 2.45) is 4.99 Å². The van der Waals surface area contributed by atoms with Crippen LogP contribution in [-0.4, -0.2) is 12.3 Å². The predicted molar refractivity (Wildman–Crippen MR) is 80.7 cm³/mol. The van der Waals surface area contributed by atoms with Gasteiger partial charge >= 0.3 is 0 Å². The zero-order valence-corrected chi connectivity index (χ0v) is 11.4. The number of allylic oxidation sites excluding steroid dienone is 1. The average molecular weight is 265 g/mol. The van der Waals surface area contributed by atoms with Crippen LogP contribution in [0.3, 0.4) is 0 Å². The molecule has 0 bridgehead atoms. The molecule has 2 heteroatoms. The van der Waals surface area contributed by atoms with Crippen LogP contribution in [0.25, 0.3) is 0 Å². The van der Waals surface area contributed by atoms with Crippen LogP contribution in [0.1, 0.15) is 24.0 Å². The van der Waals surface area contributed by atoms with Gasteiger partial charge in [-0.25, -0.2) is 4.39 Å². The Bertz CT molecular complexity index is 654. The lowest BCUT2D eigenvalue weighted by Gasteiger charge is -2.21. The summed E-state index contributed by atoms with van der Waals surface area (Å²) in [6.07, 6.45) is 2.13. The zero-order valence-electron chi connectivity index (χ0n) is 11.4. The van der Waals surface area contributed by atoms with Gasteiger partial charge in [0.1, 0.15) is 5.82 Å². The Kier molecular flexibility index (Phi) is 3.46. The van der Waals surface area contributed by atoms with E-state index < -0.39 is 0 Å². The normalized spacial score (nSPS) is 18.4. The minimum atomic E-state index is -0.195. The second kappa shape index (κ2) is 5.41. The first-order chi connectivity index (χ1) is 9.74. The summed E-state index contributed by atoms with van der Waals surface area (Å²) in [6, 6.07) is 16.9. The summed E-state index contributed by atoms with van der Waals surface area (Å²) >= 11 is 0. The van der Waals surface area contributed by atoms with Gasteiger partial charge in [-0.1, -0.05) is 48.0 Å². The van der Waals surface area contributed by atoms with Crippen LogP contribution in [0.2, 0.25) is 0 Å². The average Bonchev–Trinajstić information content (AvgIpc) is 2.49. The summed E-state index contributed by atoms with van der Waals surface area (Å²) in [7, 11) is 0. The molecule has 2 aromatic rings. The predicted octanol–water partition coefficient (Wildman–Crippen LogP) is 4.36. The molecular weight excluding hydrogens is 249 g/mol. The number of benzene rings is 2. The second-order valence-electron chi connectivity index (χ2n) is 5.08. The monoisotopic (exact) mass is 265 g/mol. The van der Waals surface area contributed by atoms with Crippen molar-refractivity contribution >= 4 is 5.71 Å². The van der Waals surface area contributed by atoms with Gasteiger partial charge < -0.3 is 0 Å². The molecule has 3 rings (SSSR count). The van der Waals surface area contributed by atoms with Crippen LogP contribution < -0.4 is 0 Å². The largest absolute Gasteiger partial charge is 0.284 e. The van der Waals surface area contributed by atoms with E-state index in [0.717, 1.165) is 23.4 Å². The fourth-order valence-corrected chi connectivity index (χ4v) is 2.54. The molecule has 0 spiro atoms. The number of aliphatic imine (C=N–C) groups is 1. The molecule has 1 atom stereocenters. The quantitative estimate of drug-likeness (QED) is 0.765. The SMILES string of the molecule is CC1=CC(c2ccccc2)=NCC1c1ccc(F)cc1. The lowest BCUT2D eigenvalue weighted by atomic mass is 9.88. The Labute approximate surface area is 118 Å². The van der Waals surface area contributed by atoms with Crippen molar-refractivity contribution in [3.8, 4) is 0 Å². The van der Waals surface area contributed by atoms with E-state index in [2.05, 4.69) is 30.1 Å². The molecule has 0 aromatic heterocycles. The van der Waals surface area contributed by atoms with E-state index in [4.69, 9.17) is 0 Å². The van der Waals surface area contributed by atoms with Gasteiger partial charge in [-0.3, -0.25) is 4.99 Å². The molecule has 1 unspecified atom stereocenters. The molecule has 2 aromatic carbocycles. The molecule has 1 heterocycles. The fraction of sp³-hybridized carbons (Fsp3) is 0.167. The third-order valence-electron chi connectivity index (χ3n) is 3.70. The van der Waals surface area contributed by atoms with E-state index in [1.165, 1.54) is 17.7 Å². The summed E-state index contributed by atoms with van der Waals surface area (Å²) in [5.41, 5.74) is 4.56. The first kappa shape index (κ1) is 12.8. The second-order valence-corrected chi connectivity index (χ2v) is 5.08. The number of rotatable bonds is 2. The van der Waals surface area contributed by atoms with Crippen molar-refractivity contribution in [2.75, 3.05) is 6.54 Å². The first-order valence-electron chi connectivity index (χ1n) is 6.77. The Hall–Kier alpha value is -2.22. The van der Waals surface area contributed by atoms with Crippen LogP contribution in [0.5, 0.6) is 0 Å². The van der Waals surface area contributed by atoms with E-state index in [1.807, 2.05) is 30.3 Å².